The summed E-state index contributed by atoms with van der Waals surface area (Å²) in [4.78, 5) is 17.5. The second-order valence-corrected chi connectivity index (χ2v) is 6.21. The second-order valence-electron chi connectivity index (χ2n) is 6.21. The van der Waals surface area contributed by atoms with Crippen molar-refractivity contribution in [3.05, 3.63) is 78.0 Å². The molecule has 4 rings (SSSR count). The van der Waals surface area contributed by atoms with Crippen molar-refractivity contribution < 1.29 is 9.18 Å². The molecular formula is C21H18FN3O. The smallest absolute Gasteiger partial charge is 0.274 e. The van der Waals surface area contributed by atoms with E-state index >= 15 is 0 Å². The summed E-state index contributed by atoms with van der Waals surface area (Å²) in [5.41, 5.74) is 2.35. The average molecular weight is 347 g/mol. The molecule has 0 aliphatic heterocycles. The fourth-order valence-corrected chi connectivity index (χ4v) is 3.23. The van der Waals surface area contributed by atoms with Crippen LogP contribution in [-0.2, 0) is 6.42 Å². The number of pyridine rings is 1. The highest BCUT2D eigenvalue weighted by atomic mass is 19.1. The standard InChI is InChI=1S/C21H18FN3O/c1-2-6-18-20(25-13-15(22)11-12-19(25)23-18)21(26)24-17-10-5-8-14-7-3-4-9-16(14)17/h3-5,7-13H,2,6H2,1H3,(H,24,26). The van der Waals surface area contributed by atoms with Gasteiger partial charge >= 0.3 is 0 Å². The van der Waals surface area contributed by atoms with Gasteiger partial charge in [0, 0.05) is 17.3 Å². The predicted molar refractivity (Wildman–Crippen MR) is 101 cm³/mol. The Kier molecular flexibility index (Phi) is 4.13. The number of carbonyl (C=O) groups excluding carboxylic acids is 1. The Morgan fingerprint density at radius 3 is 2.77 bits per heavy atom. The summed E-state index contributed by atoms with van der Waals surface area (Å²) in [5.74, 6) is -0.694. The van der Waals surface area contributed by atoms with Crippen LogP contribution in [0, 0.1) is 5.82 Å². The van der Waals surface area contributed by atoms with Gasteiger partial charge in [-0.25, -0.2) is 9.37 Å². The summed E-state index contributed by atoms with van der Waals surface area (Å²) in [7, 11) is 0. The second kappa shape index (κ2) is 6.59. The van der Waals surface area contributed by atoms with Gasteiger partial charge in [0.2, 0.25) is 0 Å². The first-order valence-corrected chi connectivity index (χ1v) is 8.63. The lowest BCUT2D eigenvalue weighted by atomic mass is 10.1. The molecule has 1 amide bonds. The number of aryl methyl sites for hydroxylation is 1. The number of aromatic nitrogens is 2. The number of imidazole rings is 1. The molecule has 0 aliphatic rings. The molecule has 0 bridgehead atoms. The van der Waals surface area contributed by atoms with E-state index < -0.39 is 5.82 Å². The molecule has 0 saturated carbocycles. The topological polar surface area (TPSA) is 46.4 Å². The molecule has 2 aromatic heterocycles. The van der Waals surface area contributed by atoms with E-state index in [2.05, 4.69) is 10.3 Å². The van der Waals surface area contributed by atoms with Crippen molar-refractivity contribution in [2.75, 3.05) is 5.32 Å². The Morgan fingerprint density at radius 1 is 1.12 bits per heavy atom. The van der Waals surface area contributed by atoms with E-state index in [4.69, 9.17) is 0 Å². The maximum Gasteiger partial charge on any atom is 0.274 e. The van der Waals surface area contributed by atoms with Crippen LogP contribution in [0.2, 0.25) is 0 Å². The lowest BCUT2D eigenvalue weighted by Crippen LogP contribution is -2.16. The van der Waals surface area contributed by atoms with Crippen LogP contribution in [0.1, 0.15) is 29.5 Å². The number of nitrogens with one attached hydrogen (secondary N) is 1. The summed E-state index contributed by atoms with van der Waals surface area (Å²) in [6, 6.07) is 16.6. The van der Waals surface area contributed by atoms with Crippen molar-refractivity contribution >= 4 is 28.0 Å². The third-order valence-electron chi connectivity index (χ3n) is 4.39. The lowest BCUT2D eigenvalue weighted by Gasteiger charge is -2.10. The number of benzene rings is 2. The molecular weight excluding hydrogens is 329 g/mol. The monoisotopic (exact) mass is 347 g/mol. The van der Waals surface area contributed by atoms with Gasteiger partial charge < -0.3 is 5.32 Å². The molecule has 0 atom stereocenters. The first kappa shape index (κ1) is 16.3. The van der Waals surface area contributed by atoms with Gasteiger partial charge in [0.1, 0.15) is 17.2 Å². The quantitative estimate of drug-likeness (QED) is 0.575. The van der Waals surface area contributed by atoms with E-state index in [-0.39, 0.29) is 5.91 Å². The van der Waals surface area contributed by atoms with E-state index in [0.717, 1.165) is 22.9 Å². The molecule has 1 N–H and O–H groups in total. The Labute approximate surface area is 150 Å². The largest absolute Gasteiger partial charge is 0.320 e. The van der Waals surface area contributed by atoms with Gasteiger partial charge in [-0.2, -0.15) is 0 Å². The van der Waals surface area contributed by atoms with Gasteiger partial charge in [0.05, 0.1) is 5.69 Å². The number of anilines is 1. The summed E-state index contributed by atoms with van der Waals surface area (Å²) < 4.78 is 15.3. The van der Waals surface area contributed by atoms with E-state index in [1.165, 1.54) is 16.7 Å². The van der Waals surface area contributed by atoms with Gasteiger partial charge in [-0.05, 0) is 30.0 Å². The average Bonchev–Trinajstić information content (AvgIpc) is 2.99. The number of carbonyl (C=O) groups is 1. The molecule has 2 heterocycles. The van der Waals surface area contributed by atoms with Gasteiger partial charge in [-0.3, -0.25) is 9.20 Å². The number of rotatable bonds is 4. The van der Waals surface area contributed by atoms with E-state index in [1.807, 2.05) is 49.4 Å². The predicted octanol–water partition coefficient (Wildman–Crippen LogP) is 4.83. The minimum atomic E-state index is -0.405. The number of amides is 1. The molecule has 2 aromatic carbocycles. The normalized spacial score (nSPS) is 11.2. The Morgan fingerprint density at radius 2 is 1.92 bits per heavy atom. The number of nitrogens with zero attached hydrogens (tertiary/aromatic N) is 2. The first-order valence-electron chi connectivity index (χ1n) is 8.63. The van der Waals surface area contributed by atoms with Crippen molar-refractivity contribution in [3.8, 4) is 0 Å². The van der Waals surface area contributed by atoms with Crippen LogP contribution in [0.25, 0.3) is 16.4 Å². The molecule has 0 aliphatic carbocycles. The van der Waals surface area contributed by atoms with Crippen molar-refractivity contribution in [2.45, 2.75) is 19.8 Å². The third-order valence-corrected chi connectivity index (χ3v) is 4.39. The van der Waals surface area contributed by atoms with Crippen molar-refractivity contribution in [2.24, 2.45) is 0 Å². The SMILES string of the molecule is CCCc1nc2ccc(F)cn2c1C(=O)Nc1cccc2ccccc12. The molecule has 130 valence electrons. The van der Waals surface area contributed by atoms with E-state index in [9.17, 15) is 9.18 Å². The van der Waals surface area contributed by atoms with Gasteiger partial charge in [0.25, 0.3) is 5.91 Å². The number of halogens is 1. The van der Waals surface area contributed by atoms with Crippen LogP contribution < -0.4 is 5.32 Å². The van der Waals surface area contributed by atoms with Crippen LogP contribution in [0.5, 0.6) is 0 Å². The molecule has 5 heteroatoms. The van der Waals surface area contributed by atoms with Gasteiger partial charge in [-0.15, -0.1) is 0 Å². The minimum absolute atomic E-state index is 0.289. The molecule has 0 saturated heterocycles. The van der Waals surface area contributed by atoms with Crippen LogP contribution in [0.15, 0.2) is 60.8 Å². The summed E-state index contributed by atoms with van der Waals surface area (Å²) in [6.45, 7) is 2.02. The molecule has 0 radical (unpaired) electrons. The molecule has 4 aromatic rings. The van der Waals surface area contributed by atoms with E-state index in [1.54, 1.807) is 6.07 Å². The molecule has 26 heavy (non-hydrogen) atoms. The Hall–Kier alpha value is -3.21. The fraction of sp³-hybridized carbons (Fsp3) is 0.143. The lowest BCUT2D eigenvalue weighted by molar-refractivity contribution is 0.102. The van der Waals surface area contributed by atoms with Crippen LogP contribution in [0.3, 0.4) is 0 Å². The molecule has 4 nitrogen and oxygen atoms in total. The van der Waals surface area contributed by atoms with Gasteiger partial charge in [0.15, 0.2) is 0 Å². The maximum absolute atomic E-state index is 13.7. The molecule has 0 spiro atoms. The van der Waals surface area contributed by atoms with E-state index in [0.29, 0.717) is 23.5 Å². The van der Waals surface area contributed by atoms with Crippen molar-refractivity contribution in [3.63, 3.8) is 0 Å². The highest BCUT2D eigenvalue weighted by Crippen LogP contribution is 2.24. The zero-order valence-electron chi connectivity index (χ0n) is 14.4. The summed E-state index contributed by atoms with van der Waals surface area (Å²) in [5, 5.41) is 4.98. The minimum Gasteiger partial charge on any atom is -0.320 e. The van der Waals surface area contributed by atoms with Crippen molar-refractivity contribution in [1.82, 2.24) is 9.38 Å². The van der Waals surface area contributed by atoms with Crippen molar-refractivity contribution in [1.29, 1.82) is 0 Å². The number of hydrogen-bond donors (Lipinski definition) is 1. The molecule has 0 unspecified atom stereocenters. The fourth-order valence-electron chi connectivity index (χ4n) is 3.23. The zero-order valence-corrected chi connectivity index (χ0v) is 14.4. The van der Waals surface area contributed by atoms with Crippen LogP contribution in [0.4, 0.5) is 10.1 Å². The van der Waals surface area contributed by atoms with Gasteiger partial charge in [-0.1, -0.05) is 49.7 Å². The number of fused-ring (bicyclic) bond motifs is 2. The highest BCUT2D eigenvalue weighted by Gasteiger charge is 2.20. The number of hydrogen-bond acceptors (Lipinski definition) is 2. The summed E-state index contributed by atoms with van der Waals surface area (Å²) >= 11 is 0. The molecule has 0 fully saturated rings. The first-order chi connectivity index (χ1) is 12.7. The maximum atomic E-state index is 13.7. The van der Waals surface area contributed by atoms with Crippen LogP contribution >= 0.6 is 0 Å². The Bertz CT molecular complexity index is 1110. The van der Waals surface area contributed by atoms with Crippen LogP contribution in [-0.4, -0.2) is 15.3 Å². The third kappa shape index (κ3) is 2.81. The summed E-state index contributed by atoms with van der Waals surface area (Å²) in [6.07, 6.45) is 2.81. The highest BCUT2D eigenvalue weighted by molar-refractivity contribution is 6.09. The zero-order chi connectivity index (χ0) is 18.1. The Balaban J connectivity index is 1.80.